The quantitative estimate of drug-likeness (QED) is 0.610. The van der Waals surface area contributed by atoms with E-state index >= 15 is 0 Å². The van der Waals surface area contributed by atoms with Gasteiger partial charge in [0, 0.05) is 16.3 Å². The van der Waals surface area contributed by atoms with Crippen molar-refractivity contribution in [2.45, 2.75) is 0 Å². The van der Waals surface area contributed by atoms with Crippen molar-refractivity contribution in [3.63, 3.8) is 0 Å². The van der Waals surface area contributed by atoms with E-state index in [2.05, 4.69) is 0 Å². The van der Waals surface area contributed by atoms with Crippen molar-refractivity contribution >= 4 is 23.1 Å². The number of aldehydes is 1. The van der Waals surface area contributed by atoms with E-state index in [1.54, 1.807) is 20.3 Å². The van der Waals surface area contributed by atoms with Crippen molar-refractivity contribution < 1.29 is 14.3 Å². The van der Waals surface area contributed by atoms with Gasteiger partial charge in [-0.1, -0.05) is 24.3 Å². The van der Waals surface area contributed by atoms with Crippen LogP contribution in [0, 0.1) is 0 Å². The molecule has 0 aliphatic rings. The second-order valence-corrected chi connectivity index (χ2v) is 3.74. The summed E-state index contributed by atoms with van der Waals surface area (Å²) >= 11 is 0. The van der Waals surface area contributed by atoms with Crippen LogP contribution in [0.25, 0.3) is 16.8 Å². The molecule has 0 unspecified atom stereocenters. The Bertz CT molecular complexity index is 600. The van der Waals surface area contributed by atoms with Gasteiger partial charge >= 0.3 is 0 Å². The Morgan fingerprint density at radius 2 is 1.78 bits per heavy atom. The van der Waals surface area contributed by atoms with Crippen LogP contribution in [0.15, 0.2) is 36.4 Å². The van der Waals surface area contributed by atoms with Crippen LogP contribution in [0.2, 0.25) is 0 Å². The smallest absolute Gasteiger partial charge is 0.142 e. The number of ether oxygens (including phenoxy) is 2. The Morgan fingerprint density at radius 3 is 2.39 bits per heavy atom. The van der Waals surface area contributed by atoms with E-state index in [-0.39, 0.29) is 0 Å². The molecule has 18 heavy (non-hydrogen) atoms. The summed E-state index contributed by atoms with van der Waals surface area (Å²) in [7, 11) is 3.24. The highest BCUT2D eigenvalue weighted by Gasteiger charge is 2.10. The molecule has 2 rings (SSSR count). The van der Waals surface area contributed by atoms with E-state index in [0.29, 0.717) is 0 Å². The van der Waals surface area contributed by atoms with Crippen LogP contribution in [-0.2, 0) is 4.79 Å². The zero-order valence-corrected chi connectivity index (χ0v) is 10.3. The lowest BCUT2D eigenvalue weighted by atomic mass is 10.0. The molecule has 0 heterocycles. The molecule has 0 saturated carbocycles. The standard InChI is InChI=1S/C15H14O3/c1-17-14-10-11(6-5-9-16)15(18-2)13-8-4-3-7-12(13)14/h3-10H,1-2H3/b6-5+. The maximum absolute atomic E-state index is 10.4. The molecule has 0 bridgehead atoms. The Balaban J connectivity index is 2.78. The summed E-state index contributed by atoms with van der Waals surface area (Å²) in [5.74, 6) is 1.50. The molecule has 3 heteroatoms. The van der Waals surface area contributed by atoms with Gasteiger partial charge in [-0.3, -0.25) is 4.79 Å². The number of allylic oxidation sites excluding steroid dienone is 1. The van der Waals surface area contributed by atoms with Gasteiger partial charge in [0.2, 0.25) is 0 Å². The SMILES string of the molecule is COc1cc(/C=C/C=O)c(OC)c2ccccc12. The van der Waals surface area contributed by atoms with Crippen LogP contribution in [-0.4, -0.2) is 20.5 Å². The average Bonchev–Trinajstić information content (AvgIpc) is 2.43. The normalized spacial score (nSPS) is 10.8. The molecule has 92 valence electrons. The van der Waals surface area contributed by atoms with Crippen LogP contribution in [0.4, 0.5) is 0 Å². The summed E-state index contributed by atoms with van der Waals surface area (Å²) in [6, 6.07) is 9.70. The minimum absolute atomic E-state index is 0.737. The monoisotopic (exact) mass is 242 g/mol. The third-order valence-corrected chi connectivity index (χ3v) is 2.76. The molecule has 0 fully saturated rings. The molecule has 0 aliphatic carbocycles. The molecule has 0 radical (unpaired) electrons. The van der Waals surface area contributed by atoms with E-state index < -0.39 is 0 Å². The summed E-state index contributed by atoms with van der Waals surface area (Å²) in [5, 5.41) is 1.95. The second-order valence-electron chi connectivity index (χ2n) is 3.74. The zero-order valence-electron chi connectivity index (χ0n) is 10.3. The van der Waals surface area contributed by atoms with Crippen molar-refractivity contribution in [1.29, 1.82) is 0 Å². The van der Waals surface area contributed by atoms with Crippen molar-refractivity contribution in [2.24, 2.45) is 0 Å². The van der Waals surface area contributed by atoms with Gasteiger partial charge in [-0.05, 0) is 18.2 Å². The molecule has 0 saturated heterocycles. The molecule has 0 aromatic heterocycles. The molecule has 2 aromatic rings. The summed E-state index contributed by atoms with van der Waals surface area (Å²) in [6.07, 6.45) is 3.88. The minimum Gasteiger partial charge on any atom is -0.496 e. The van der Waals surface area contributed by atoms with Gasteiger partial charge in [0.25, 0.3) is 0 Å². The molecule has 3 nitrogen and oxygen atoms in total. The first-order valence-electron chi connectivity index (χ1n) is 5.57. The van der Waals surface area contributed by atoms with Crippen LogP contribution in [0.3, 0.4) is 0 Å². The summed E-state index contributed by atoms with van der Waals surface area (Å²) in [4.78, 5) is 10.4. The van der Waals surface area contributed by atoms with Gasteiger partial charge in [-0.25, -0.2) is 0 Å². The fourth-order valence-corrected chi connectivity index (χ4v) is 2.00. The number of fused-ring (bicyclic) bond motifs is 1. The third-order valence-electron chi connectivity index (χ3n) is 2.76. The first-order valence-corrected chi connectivity index (χ1v) is 5.57. The lowest BCUT2D eigenvalue weighted by molar-refractivity contribution is -0.104. The number of hydrogen-bond acceptors (Lipinski definition) is 3. The number of methoxy groups -OCH3 is 2. The molecule has 0 atom stereocenters. The Labute approximate surface area is 106 Å². The molecule has 0 aliphatic heterocycles. The summed E-state index contributed by atoms with van der Waals surface area (Å²) in [6.45, 7) is 0. The van der Waals surface area contributed by atoms with Gasteiger partial charge < -0.3 is 9.47 Å². The summed E-state index contributed by atoms with van der Waals surface area (Å²) in [5.41, 5.74) is 0.820. The van der Waals surface area contributed by atoms with Gasteiger partial charge in [-0.2, -0.15) is 0 Å². The fraction of sp³-hybridized carbons (Fsp3) is 0.133. The first-order chi connectivity index (χ1) is 8.81. The van der Waals surface area contributed by atoms with E-state index in [1.165, 1.54) is 6.08 Å². The second kappa shape index (κ2) is 5.36. The minimum atomic E-state index is 0.737. The highest BCUT2D eigenvalue weighted by molar-refractivity contribution is 5.97. The van der Waals surface area contributed by atoms with Gasteiger partial charge in [0.05, 0.1) is 14.2 Å². The van der Waals surface area contributed by atoms with Crippen molar-refractivity contribution in [3.05, 3.63) is 42.0 Å². The Hall–Kier alpha value is -2.29. The largest absolute Gasteiger partial charge is 0.496 e. The van der Waals surface area contributed by atoms with E-state index in [4.69, 9.17) is 9.47 Å². The fourth-order valence-electron chi connectivity index (χ4n) is 2.00. The third kappa shape index (κ3) is 2.07. The van der Waals surface area contributed by atoms with E-state index in [0.717, 1.165) is 34.1 Å². The summed E-state index contributed by atoms with van der Waals surface area (Å²) < 4.78 is 10.8. The molecule has 0 amide bonds. The van der Waals surface area contributed by atoms with Crippen molar-refractivity contribution in [1.82, 2.24) is 0 Å². The zero-order chi connectivity index (χ0) is 13.0. The highest BCUT2D eigenvalue weighted by Crippen LogP contribution is 2.37. The maximum atomic E-state index is 10.4. The molecule has 0 spiro atoms. The van der Waals surface area contributed by atoms with E-state index in [1.807, 2.05) is 30.3 Å². The number of benzene rings is 2. The maximum Gasteiger partial charge on any atom is 0.142 e. The Morgan fingerprint density at radius 1 is 1.06 bits per heavy atom. The van der Waals surface area contributed by atoms with Crippen molar-refractivity contribution in [2.75, 3.05) is 14.2 Å². The van der Waals surface area contributed by atoms with Crippen molar-refractivity contribution in [3.8, 4) is 11.5 Å². The Kier molecular flexibility index (Phi) is 3.63. The average molecular weight is 242 g/mol. The predicted molar refractivity (Wildman–Crippen MR) is 72.2 cm³/mol. The molecule has 2 aromatic carbocycles. The molecular formula is C15H14O3. The number of carbonyl (C=O) groups is 1. The number of hydrogen-bond donors (Lipinski definition) is 0. The van der Waals surface area contributed by atoms with Crippen LogP contribution >= 0.6 is 0 Å². The number of rotatable bonds is 4. The van der Waals surface area contributed by atoms with E-state index in [9.17, 15) is 4.79 Å². The lowest BCUT2D eigenvalue weighted by Gasteiger charge is -2.12. The lowest BCUT2D eigenvalue weighted by Crippen LogP contribution is -1.92. The van der Waals surface area contributed by atoms with Crippen LogP contribution in [0.1, 0.15) is 5.56 Å². The predicted octanol–water partition coefficient (Wildman–Crippen LogP) is 3.07. The number of carbonyl (C=O) groups excluding carboxylic acids is 1. The van der Waals surface area contributed by atoms with Crippen LogP contribution in [0.5, 0.6) is 11.5 Å². The van der Waals surface area contributed by atoms with Gasteiger partial charge in [-0.15, -0.1) is 0 Å². The topological polar surface area (TPSA) is 35.5 Å². The molecular weight excluding hydrogens is 228 g/mol. The molecule has 0 N–H and O–H groups in total. The van der Waals surface area contributed by atoms with Gasteiger partial charge in [0.1, 0.15) is 17.8 Å². The first kappa shape index (κ1) is 12.2. The highest BCUT2D eigenvalue weighted by atomic mass is 16.5. The van der Waals surface area contributed by atoms with Gasteiger partial charge in [0.15, 0.2) is 0 Å². The van der Waals surface area contributed by atoms with Crippen LogP contribution < -0.4 is 9.47 Å².